The van der Waals surface area contributed by atoms with Crippen LogP contribution in [0.2, 0.25) is 0 Å². The molecule has 2 rings (SSSR count). The van der Waals surface area contributed by atoms with Gasteiger partial charge in [-0.2, -0.15) is 0 Å². The van der Waals surface area contributed by atoms with Gasteiger partial charge in [-0.25, -0.2) is 17.5 Å². The average molecular weight is 374 g/mol. The molecular formula is C14H13BrFNO3S. The van der Waals surface area contributed by atoms with Gasteiger partial charge in [0.15, 0.2) is 0 Å². The summed E-state index contributed by atoms with van der Waals surface area (Å²) in [6.07, 6.45) is 0. The van der Waals surface area contributed by atoms with Crippen molar-refractivity contribution in [2.24, 2.45) is 0 Å². The Hall–Kier alpha value is -1.44. The van der Waals surface area contributed by atoms with Crippen LogP contribution in [0.3, 0.4) is 0 Å². The summed E-state index contributed by atoms with van der Waals surface area (Å²) in [6, 6.07) is 10.6. The molecule has 0 unspecified atom stereocenters. The first-order valence-electron chi connectivity index (χ1n) is 6.00. The molecule has 112 valence electrons. The molecule has 0 spiro atoms. The van der Waals surface area contributed by atoms with E-state index in [9.17, 15) is 12.8 Å². The van der Waals surface area contributed by atoms with E-state index in [1.54, 1.807) is 24.3 Å². The van der Waals surface area contributed by atoms with Crippen LogP contribution in [0.1, 0.15) is 5.56 Å². The highest BCUT2D eigenvalue weighted by molar-refractivity contribution is 9.10. The van der Waals surface area contributed by atoms with Crippen LogP contribution in [0.25, 0.3) is 0 Å². The molecule has 0 aliphatic heterocycles. The van der Waals surface area contributed by atoms with E-state index in [1.807, 2.05) is 0 Å². The third kappa shape index (κ3) is 3.81. The summed E-state index contributed by atoms with van der Waals surface area (Å²) < 4.78 is 46.2. The number of hydrogen-bond acceptors (Lipinski definition) is 3. The smallest absolute Gasteiger partial charge is 0.244 e. The normalized spacial score (nSPS) is 11.4. The highest BCUT2D eigenvalue weighted by Crippen LogP contribution is 2.27. The Bertz CT molecular complexity index is 750. The van der Waals surface area contributed by atoms with Crippen molar-refractivity contribution in [1.29, 1.82) is 0 Å². The molecule has 4 nitrogen and oxygen atoms in total. The van der Waals surface area contributed by atoms with Crippen LogP contribution in [0.4, 0.5) is 4.39 Å². The second kappa shape index (κ2) is 6.55. The highest BCUT2D eigenvalue weighted by Gasteiger charge is 2.20. The minimum Gasteiger partial charge on any atom is -0.495 e. The minimum absolute atomic E-state index is 0.00397. The standard InChI is InChI=1S/C14H13BrFNO3S/c1-20-13-7-6-11(15)8-14(13)21(18,19)17-9-10-4-2-3-5-12(10)16/h2-8,17H,9H2,1H3. The van der Waals surface area contributed by atoms with Crippen LogP contribution < -0.4 is 9.46 Å². The minimum atomic E-state index is -3.81. The average Bonchev–Trinajstić information content (AvgIpc) is 2.46. The second-order valence-corrected chi connectivity index (χ2v) is 6.86. The Morgan fingerprint density at radius 1 is 1.24 bits per heavy atom. The van der Waals surface area contributed by atoms with Gasteiger partial charge in [-0.15, -0.1) is 0 Å². The van der Waals surface area contributed by atoms with Gasteiger partial charge >= 0.3 is 0 Å². The van der Waals surface area contributed by atoms with Crippen molar-refractivity contribution < 1.29 is 17.5 Å². The van der Waals surface area contributed by atoms with Gasteiger partial charge in [0.25, 0.3) is 0 Å². The highest BCUT2D eigenvalue weighted by atomic mass is 79.9. The molecule has 0 atom stereocenters. The third-order valence-corrected chi connectivity index (χ3v) is 4.74. The zero-order valence-electron chi connectivity index (χ0n) is 11.1. The lowest BCUT2D eigenvalue weighted by atomic mass is 10.2. The van der Waals surface area contributed by atoms with E-state index >= 15 is 0 Å². The van der Waals surface area contributed by atoms with Crippen LogP contribution in [0.15, 0.2) is 51.8 Å². The van der Waals surface area contributed by atoms with Gasteiger partial charge < -0.3 is 4.74 Å². The number of ether oxygens (including phenoxy) is 1. The van der Waals surface area contributed by atoms with E-state index in [2.05, 4.69) is 20.7 Å². The van der Waals surface area contributed by atoms with E-state index < -0.39 is 15.8 Å². The van der Waals surface area contributed by atoms with Crippen LogP contribution in [0, 0.1) is 5.82 Å². The number of sulfonamides is 1. The van der Waals surface area contributed by atoms with E-state index in [0.717, 1.165) is 0 Å². The molecule has 0 radical (unpaired) electrons. The lowest BCUT2D eigenvalue weighted by Crippen LogP contribution is -2.24. The maximum atomic E-state index is 13.5. The van der Waals surface area contributed by atoms with Gasteiger partial charge in [-0.3, -0.25) is 0 Å². The first-order valence-corrected chi connectivity index (χ1v) is 8.28. The summed E-state index contributed by atoms with van der Waals surface area (Å²) in [7, 11) is -2.42. The maximum absolute atomic E-state index is 13.5. The van der Waals surface area contributed by atoms with Crippen molar-refractivity contribution in [3.05, 3.63) is 58.3 Å². The van der Waals surface area contributed by atoms with Crippen molar-refractivity contribution in [3.63, 3.8) is 0 Å². The molecular weight excluding hydrogens is 361 g/mol. The zero-order chi connectivity index (χ0) is 15.5. The summed E-state index contributed by atoms with van der Waals surface area (Å²) in [5.41, 5.74) is 0.273. The number of rotatable bonds is 5. The Morgan fingerprint density at radius 3 is 2.62 bits per heavy atom. The molecule has 7 heteroatoms. The number of halogens is 2. The molecule has 0 amide bonds. The predicted octanol–water partition coefficient (Wildman–Crippen LogP) is 3.08. The Balaban J connectivity index is 2.27. The molecule has 0 aromatic heterocycles. The second-order valence-electron chi connectivity index (χ2n) is 4.21. The number of benzene rings is 2. The lowest BCUT2D eigenvalue weighted by Gasteiger charge is -2.11. The van der Waals surface area contributed by atoms with E-state index in [4.69, 9.17) is 4.74 Å². The van der Waals surface area contributed by atoms with E-state index in [-0.39, 0.29) is 22.8 Å². The van der Waals surface area contributed by atoms with E-state index in [1.165, 1.54) is 25.3 Å². The summed E-state index contributed by atoms with van der Waals surface area (Å²) in [5, 5.41) is 0. The predicted molar refractivity (Wildman–Crippen MR) is 81.1 cm³/mol. The van der Waals surface area contributed by atoms with Gasteiger partial charge in [0.2, 0.25) is 10.0 Å². The maximum Gasteiger partial charge on any atom is 0.244 e. The van der Waals surface area contributed by atoms with Gasteiger partial charge in [0.1, 0.15) is 16.5 Å². The molecule has 21 heavy (non-hydrogen) atoms. The summed E-state index contributed by atoms with van der Waals surface area (Å²) in [5.74, 6) is -0.236. The van der Waals surface area contributed by atoms with Crippen molar-refractivity contribution in [2.45, 2.75) is 11.4 Å². The quantitative estimate of drug-likeness (QED) is 0.875. The molecule has 0 saturated carbocycles. The van der Waals surface area contributed by atoms with Crippen molar-refractivity contribution in [2.75, 3.05) is 7.11 Å². The van der Waals surface area contributed by atoms with Crippen LogP contribution in [-0.4, -0.2) is 15.5 Å². The summed E-state index contributed by atoms with van der Waals surface area (Å²) >= 11 is 3.22. The molecule has 2 aromatic rings. The monoisotopic (exact) mass is 373 g/mol. The van der Waals surface area contributed by atoms with Crippen LogP contribution >= 0.6 is 15.9 Å². The van der Waals surface area contributed by atoms with Crippen LogP contribution in [0.5, 0.6) is 5.75 Å². The van der Waals surface area contributed by atoms with Crippen molar-refractivity contribution >= 4 is 26.0 Å². The molecule has 1 N–H and O–H groups in total. The topological polar surface area (TPSA) is 55.4 Å². The summed E-state index contributed by atoms with van der Waals surface area (Å²) in [4.78, 5) is -0.00397. The first kappa shape index (κ1) is 15.9. The molecule has 0 fully saturated rings. The Morgan fingerprint density at radius 2 is 1.95 bits per heavy atom. The molecule has 0 aliphatic rings. The van der Waals surface area contributed by atoms with Crippen molar-refractivity contribution in [1.82, 2.24) is 4.72 Å². The summed E-state index contributed by atoms with van der Waals surface area (Å²) in [6.45, 7) is -0.134. The third-order valence-electron chi connectivity index (χ3n) is 2.83. The van der Waals surface area contributed by atoms with Gasteiger partial charge in [-0.05, 0) is 24.3 Å². The molecule has 0 saturated heterocycles. The fourth-order valence-corrected chi connectivity index (χ4v) is 3.46. The lowest BCUT2D eigenvalue weighted by molar-refractivity contribution is 0.402. The Kier molecular flexibility index (Phi) is 4.97. The molecule has 2 aromatic carbocycles. The van der Waals surface area contributed by atoms with Crippen LogP contribution in [-0.2, 0) is 16.6 Å². The molecule has 0 bridgehead atoms. The van der Waals surface area contributed by atoms with E-state index in [0.29, 0.717) is 4.47 Å². The van der Waals surface area contributed by atoms with Gasteiger partial charge in [0, 0.05) is 16.6 Å². The van der Waals surface area contributed by atoms with Crippen molar-refractivity contribution in [3.8, 4) is 5.75 Å². The Labute approximate surface area is 131 Å². The largest absolute Gasteiger partial charge is 0.495 e. The number of hydrogen-bond donors (Lipinski definition) is 1. The number of nitrogens with one attached hydrogen (secondary N) is 1. The molecule has 0 aliphatic carbocycles. The zero-order valence-corrected chi connectivity index (χ0v) is 13.5. The SMILES string of the molecule is COc1ccc(Br)cc1S(=O)(=O)NCc1ccccc1F. The molecule has 0 heterocycles. The first-order chi connectivity index (χ1) is 9.94. The van der Waals surface area contributed by atoms with Gasteiger partial charge in [0.05, 0.1) is 7.11 Å². The van der Waals surface area contributed by atoms with Gasteiger partial charge in [-0.1, -0.05) is 34.1 Å². The fourth-order valence-electron chi connectivity index (χ4n) is 1.75. The number of methoxy groups -OCH3 is 1. The fraction of sp³-hybridized carbons (Fsp3) is 0.143.